The van der Waals surface area contributed by atoms with Crippen molar-refractivity contribution in [1.82, 2.24) is 0 Å². The molecule has 8 heteroatoms. The van der Waals surface area contributed by atoms with E-state index in [-0.39, 0.29) is 23.5 Å². The number of hydrogen-bond acceptors (Lipinski definition) is 3. The van der Waals surface area contributed by atoms with Gasteiger partial charge in [-0.25, -0.2) is 0 Å². The highest BCUT2D eigenvalue weighted by molar-refractivity contribution is 6.33. The summed E-state index contributed by atoms with van der Waals surface area (Å²) in [5.41, 5.74) is 0.615. The average Bonchev–Trinajstić information content (AvgIpc) is 2.59. The monoisotopic (exact) mass is 421 g/mol. The van der Waals surface area contributed by atoms with Gasteiger partial charge in [0.1, 0.15) is 5.75 Å². The molecule has 1 aromatic rings. The summed E-state index contributed by atoms with van der Waals surface area (Å²) < 4.78 is 41.5. The van der Waals surface area contributed by atoms with Gasteiger partial charge in [-0.15, -0.1) is 13.2 Å². The van der Waals surface area contributed by atoms with Gasteiger partial charge in [0.25, 0.3) is 0 Å². The molecule has 1 N–H and O–H groups in total. The minimum absolute atomic E-state index is 0.0922. The Morgan fingerprint density at radius 1 is 1.36 bits per heavy atom. The van der Waals surface area contributed by atoms with Gasteiger partial charge in [-0.3, -0.25) is 4.79 Å². The van der Waals surface area contributed by atoms with Gasteiger partial charge in [0.2, 0.25) is 0 Å². The number of carboxylic acid groups (broad SMARTS) is 1. The van der Waals surface area contributed by atoms with Crippen LogP contribution in [0.3, 0.4) is 0 Å². The first-order chi connectivity index (χ1) is 13.0. The van der Waals surface area contributed by atoms with Crippen molar-refractivity contribution in [1.29, 1.82) is 0 Å². The molecule has 4 nitrogen and oxygen atoms in total. The fraction of sp³-hybridized carbons (Fsp3) is 0.650. The van der Waals surface area contributed by atoms with Crippen LogP contribution in [0.4, 0.5) is 18.9 Å². The summed E-state index contributed by atoms with van der Waals surface area (Å²) in [7, 11) is 0. The molecule has 0 amide bonds. The van der Waals surface area contributed by atoms with Crippen LogP contribution in [0.25, 0.3) is 0 Å². The highest BCUT2D eigenvalue weighted by atomic mass is 35.5. The largest absolute Gasteiger partial charge is 0.573 e. The molecule has 158 valence electrons. The predicted octanol–water partition coefficient (Wildman–Crippen LogP) is 6.13. The zero-order valence-electron chi connectivity index (χ0n) is 16.2. The number of benzene rings is 1. The topological polar surface area (TPSA) is 49.8 Å². The highest BCUT2D eigenvalue weighted by Gasteiger charge is 2.33. The van der Waals surface area contributed by atoms with Crippen LogP contribution in [0, 0.1) is 11.3 Å². The number of carboxylic acids is 1. The number of aliphatic carboxylic acids is 1. The van der Waals surface area contributed by atoms with Crippen molar-refractivity contribution in [3.63, 3.8) is 0 Å². The lowest BCUT2D eigenvalue weighted by Gasteiger charge is -2.39. The van der Waals surface area contributed by atoms with E-state index in [1.165, 1.54) is 18.2 Å². The number of rotatable bonds is 8. The van der Waals surface area contributed by atoms with Crippen molar-refractivity contribution in [3.05, 3.63) is 23.2 Å². The number of nitrogens with zero attached hydrogens (tertiary/aromatic N) is 1. The van der Waals surface area contributed by atoms with Gasteiger partial charge in [-0.2, -0.15) is 0 Å². The Labute approximate surface area is 168 Å². The molecule has 0 spiro atoms. The average molecular weight is 422 g/mol. The Morgan fingerprint density at radius 2 is 2.00 bits per heavy atom. The molecule has 0 unspecified atom stereocenters. The van der Waals surface area contributed by atoms with Crippen LogP contribution < -0.4 is 9.64 Å². The molecule has 0 aromatic heterocycles. The lowest BCUT2D eigenvalue weighted by atomic mass is 9.69. The van der Waals surface area contributed by atoms with E-state index < -0.39 is 12.3 Å². The summed E-state index contributed by atoms with van der Waals surface area (Å²) in [6.07, 6.45) is 0.0282. The zero-order chi connectivity index (χ0) is 20.9. The van der Waals surface area contributed by atoms with E-state index in [4.69, 9.17) is 16.7 Å². The first-order valence-electron chi connectivity index (χ1n) is 9.53. The number of ether oxygens (including phenoxy) is 1. The molecule has 0 heterocycles. The summed E-state index contributed by atoms with van der Waals surface area (Å²) in [5.74, 6) is -0.800. The Morgan fingerprint density at radius 3 is 2.54 bits per heavy atom. The fourth-order valence-electron chi connectivity index (χ4n) is 3.86. The van der Waals surface area contributed by atoms with E-state index >= 15 is 0 Å². The third-order valence-corrected chi connectivity index (χ3v) is 5.95. The lowest BCUT2D eigenvalue weighted by Crippen LogP contribution is -2.32. The summed E-state index contributed by atoms with van der Waals surface area (Å²) >= 11 is 6.23. The van der Waals surface area contributed by atoms with Crippen LogP contribution in [0.2, 0.25) is 5.02 Å². The Kier molecular flexibility index (Phi) is 7.48. The summed E-state index contributed by atoms with van der Waals surface area (Å²) in [6, 6.07) is 3.95. The Balaban J connectivity index is 2.01. The van der Waals surface area contributed by atoms with Gasteiger partial charge in [-0.05, 0) is 62.5 Å². The molecule has 1 aliphatic rings. The Hall–Kier alpha value is -1.63. The van der Waals surface area contributed by atoms with Crippen molar-refractivity contribution in [3.8, 4) is 5.75 Å². The number of alkyl halides is 3. The summed E-state index contributed by atoms with van der Waals surface area (Å²) in [4.78, 5) is 12.8. The summed E-state index contributed by atoms with van der Waals surface area (Å²) in [6.45, 7) is 5.39. The molecule has 28 heavy (non-hydrogen) atoms. The lowest BCUT2D eigenvalue weighted by molar-refractivity contribution is -0.274. The van der Waals surface area contributed by atoms with E-state index in [9.17, 15) is 18.0 Å². The maximum Gasteiger partial charge on any atom is 0.573 e. The second kappa shape index (κ2) is 9.25. The number of halogens is 4. The van der Waals surface area contributed by atoms with Gasteiger partial charge in [0.05, 0.1) is 10.7 Å². The van der Waals surface area contributed by atoms with E-state index in [0.717, 1.165) is 32.1 Å². The normalized spacial score (nSPS) is 22.7. The molecule has 1 saturated carbocycles. The molecule has 1 fully saturated rings. The van der Waals surface area contributed by atoms with Gasteiger partial charge >= 0.3 is 12.3 Å². The van der Waals surface area contributed by atoms with E-state index in [1.807, 2.05) is 11.8 Å². The minimum atomic E-state index is -4.75. The van der Waals surface area contributed by atoms with Gasteiger partial charge < -0.3 is 14.7 Å². The standard InChI is InChI=1S/C20H27ClF3NO3/c1-3-25(17-13-15(4-5-16(17)21)28-20(22,23)24)11-10-19(2)8-6-14(7-9-19)12-18(26)27/h4-5,13-14H,3,6-12H2,1-2H3,(H,26,27). The molecule has 0 saturated heterocycles. The molecule has 2 rings (SSSR count). The third-order valence-electron chi connectivity index (χ3n) is 5.63. The maximum atomic E-state index is 12.5. The van der Waals surface area contributed by atoms with Crippen molar-refractivity contribution >= 4 is 23.3 Å². The second-order valence-corrected chi connectivity index (χ2v) is 8.25. The third kappa shape index (κ3) is 6.76. The molecule has 0 radical (unpaired) electrons. The van der Waals surface area contributed by atoms with Crippen molar-refractivity contribution in [2.75, 3.05) is 18.0 Å². The number of carbonyl (C=O) groups is 1. The number of hydrogen-bond donors (Lipinski definition) is 1. The molecule has 1 aromatic carbocycles. The van der Waals surface area contributed by atoms with E-state index in [0.29, 0.717) is 23.8 Å². The van der Waals surface area contributed by atoms with E-state index in [2.05, 4.69) is 11.7 Å². The predicted molar refractivity (Wildman–Crippen MR) is 103 cm³/mol. The van der Waals surface area contributed by atoms with E-state index in [1.54, 1.807) is 0 Å². The second-order valence-electron chi connectivity index (χ2n) is 7.84. The molecule has 0 atom stereocenters. The van der Waals surface area contributed by atoms with Crippen LogP contribution in [0.15, 0.2) is 18.2 Å². The maximum absolute atomic E-state index is 12.5. The van der Waals surface area contributed by atoms with Gasteiger partial charge in [0.15, 0.2) is 0 Å². The molecule has 1 aliphatic carbocycles. The highest BCUT2D eigenvalue weighted by Crippen LogP contribution is 2.43. The summed E-state index contributed by atoms with van der Waals surface area (Å²) in [5, 5.41) is 9.33. The van der Waals surface area contributed by atoms with Gasteiger partial charge in [-0.1, -0.05) is 18.5 Å². The fourth-order valence-corrected chi connectivity index (χ4v) is 4.10. The molecular formula is C20H27ClF3NO3. The van der Waals surface area contributed by atoms with Gasteiger partial charge in [0, 0.05) is 25.6 Å². The van der Waals surface area contributed by atoms with Crippen LogP contribution in [0.5, 0.6) is 5.75 Å². The smallest absolute Gasteiger partial charge is 0.481 e. The van der Waals surface area contributed by atoms with Crippen LogP contribution in [-0.2, 0) is 4.79 Å². The van der Waals surface area contributed by atoms with Crippen molar-refractivity contribution < 1.29 is 27.8 Å². The quantitative estimate of drug-likeness (QED) is 0.548. The van der Waals surface area contributed by atoms with Crippen LogP contribution >= 0.6 is 11.6 Å². The molecule has 0 aliphatic heterocycles. The van der Waals surface area contributed by atoms with Crippen molar-refractivity contribution in [2.45, 2.75) is 58.7 Å². The molecule has 0 bridgehead atoms. The zero-order valence-corrected chi connectivity index (χ0v) is 16.9. The van der Waals surface area contributed by atoms with Crippen LogP contribution in [0.1, 0.15) is 52.4 Å². The number of anilines is 1. The van der Waals surface area contributed by atoms with Crippen molar-refractivity contribution in [2.24, 2.45) is 11.3 Å². The van der Waals surface area contributed by atoms with Crippen LogP contribution in [-0.4, -0.2) is 30.5 Å². The first-order valence-corrected chi connectivity index (χ1v) is 9.91. The molecular weight excluding hydrogens is 395 g/mol. The first kappa shape index (κ1) is 22.7. The SMILES string of the molecule is CCN(CCC1(C)CCC(CC(=O)O)CC1)c1cc(OC(F)(F)F)ccc1Cl. The minimum Gasteiger partial charge on any atom is -0.481 e. The Bertz CT molecular complexity index is 673.